The number of hydrogen-bond acceptors (Lipinski definition) is 9. The van der Waals surface area contributed by atoms with Crippen molar-refractivity contribution in [1.82, 2.24) is 0 Å². The van der Waals surface area contributed by atoms with Crippen LogP contribution in [0, 0.1) is 47.3 Å². The number of rotatable bonds is 3. The minimum Gasteiger partial charge on any atom is -0.390 e. The zero-order valence-electron chi connectivity index (χ0n) is 25.6. The molecule has 2 aliphatic carbocycles. The summed E-state index contributed by atoms with van der Waals surface area (Å²) in [5.74, 6) is 0.712. The van der Waals surface area contributed by atoms with Gasteiger partial charge in [0.15, 0.2) is 23.8 Å². The third-order valence-corrected chi connectivity index (χ3v) is 13.4. The SMILES string of the molecule is C[C@H]1[C@@H](C[C@@H](O)C2O[C@@H]3O[C@]4(C)CC[C@H]5[C@H](C)CC[C@@H]([C@H]2C)[C@@]35OO4)O[C@@H]2O[C@]3(C)CC[C@H]4[C@H](C)CC[C@@H]1[C@@]24OO3. The van der Waals surface area contributed by atoms with Gasteiger partial charge in [0.2, 0.25) is 11.6 Å². The summed E-state index contributed by atoms with van der Waals surface area (Å²) in [6.07, 6.45) is 6.07. The average Bonchev–Trinajstić information content (AvgIpc) is 3.31. The topological polar surface area (TPSA) is 94.1 Å². The van der Waals surface area contributed by atoms with E-state index in [1.54, 1.807) is 0 Å². The zero-order chi connectivity index (χ0) is 28.5. The molecular formula is C32H50O9. The summed E-state index contributed by atoms with van der Waals surface area (Å²) in [5.41, 5.74) is -1.22. The lowest BCUT2D eigenvalue weighted by atomic mass is 9.56. The first-order chi connectivity index (χ1) is 19.5. The van der Waals surface area contributed by atoms with E-state index in [2.05, 4.69) is 27.7 Å². The number of aliphatic hydroxyl groups is 1. The Labute approximate surface area is 244 Å². The summed E-state index contributed by atoms with van der Waals surface area (Å²) >= 11 is 0. The van der Waals surface area contributed by atoms with E-state index in [0.717, 1.165) is 51.4 Å². The Morgan fingerprint density at radius 1 is 0.634 bits per heavy atom. The molecule has 0 radical (unpaired) electrons. The highest BCUT2D eigenvalue weighted by atomic mass is 17.3. The van der Waals surface area contributed by atoms with E-state index in [0.29, 0.717) is 30.1 Å². The molecule has 17 atom stereocenters. The molecule has 1 unspecified atom stereocenters. The van der Waals surface area contributed by atoms with E-state index >= 15 is 0 Å². The summed E-state index contributed by atoms with van der Waals surface area (Å²) in [6.45, 7) is 13.0. The summed E-state index contributed by atoms with van der Waals surface area (Å²) in [7, 11) is 0. The van der Waals surface area contributed by atoms with Crippen molar-refractivity contribution in [2.24, 2.45) is 47.3 Å². The fraction of sp³-hybridized carbons (Fsp3) is 1.00. The molecule has 1 N–H and O–H groups in total. The van der Waals surface area contributed by atoms with Gasteiger partial charge in [0.25, 0.3) is 0 Å². The molecule has 9 heteroatoms. The Balaban J connectivity index is 1.06. The summed E-state index contributed by atoms with van der Waals surface area (Å²) in [5, 5.41) is 11.9. The summed E-state index contributed by atoms with van der Waals surface area (Å²) in [6, 6.07) is 0. The molecule has 0 aromatic carbocycles. The first-order valence-electron chi connectivity index (χ1n) is 16.6. The van der Waals surface area contributed by atoms with Crippen LogP contribution in [0.15, 0.2) is 0 Å². The number of fused-ring (bicyclic) bond motifs is 4. The van der Waals surface area contributed by atoms with Gasteiger partial charge in [0, 0.05) is 31.1 Å². The maximum absolute atomic E-state index is 11.9. The van der Waals surface area contributed by atoms with Crippen molar-refractivity contribution < 1.29 is 43.6 Å². The maximum atomic E-state index is 11.9. The molecule has 8 heterocycles. The van der Waals surface area contributed by atoms with E-state index in [1.807, 2.05) is 13.8 Å². The van der Waals surface area contributed by atoms with Gasteiger partial charge in [-0.3, -0.25) is 0 Å². The lowest BCUT2D eigenvalue weighted by molar-refractivity contribution is -0.573. The second-order valence-electron chi connectivity index (χ2n) is 15.6. The van der Waals surface area contributed by atoms with Crippen LogP contribution in [0.5, 0.6) is 0 Å². The van der Waals surface area contributed by atoms with E-state index < -0.39 is 41.5 Å². The largest absolute Gasteiger partial charge is 0.390 e. The van der Waals surface area contributed by atoms with Crippen molar-refractivity contribution in [3.05, 3.63) is 0 Å². The van der Waals surface area contributed by atoms with E-state index in [1.165, 1.54) is 0 Å². The average molecular weight is 579 g/mol. The van der Waals surface area contributed by atoms with Gasteiger partial charge in [-0.25, -0.2) is 19.6 Å². The van der Waals surface area contributed by atoms with Crippen LogP contribution >= 0.6 is 0 Å². The van der Waals surface area contributed by atoms with Crippen molar-refractivity contribution in [3.63, 3.8) is 0 Å². The predicted molar refractivity (Wildman–Crippen MR) is 144 cm³/mol. The molecule has 2 spiro atoms. The molecule has 4 bridgehead atoms. The van der Waals surface area contributed by atoms with Gasteiger partial charge >= 0.3 is 0 Å². The molecule has 9 nitrogen and oxygen atoms in total. The van der Waals surface area contributed by atoms with Crippen LogP contribution in [0.25, 0.3) is 0 Å². The van der Waals surface area contributed by atoms with Crippen LogP contribution in [0.2, 0.25) is 0 Å². The Morgan fingerprint density at radius 3 is 1.71 bits per heavy atom. The summed E-state index contributed by atoms with van der Waals surface area (Å²) in [4.78, 5) is 24.6. The van der Waals surface area contributed by atoms with Crippen LogP contribution in [-0.4, -0.2) is 58.8 Å². The molecule has 41 heavy (non-hydrogen) atoms. The molecular weight excluding hydrogens is 528 g/mol. The highest BCUT2D eigenvalue weighted by Crippen LogP contribution is 2.63. The molecule has 2 saturated carbocycles. The van der Waals surface area contributed by atoms with Gasteiger partial charge in [-0.1, -0.05) is 27.7 Å². The minimum atomic E-state index is -0.827. The second-order valence-corrected chi connectivity index (χ2v) is 15.6. The van der Waals surface area contributed by atoms with E-state index in [4.69, 9.17) is 38.5 Å². The Morgan fingerprint density at radius 2 is 1.15 bits per heavy atom. The quantitative estimate of drug-likeness (QED) is 0.451. The van der Waals surface area contributed by atoms with Crippen molar-refractivity contribution in [2.75, 3.05) is 0 Å². The van der Waals surface area contributed by atoms with Gasteiger partial charge in [0.1, 0.15) is 0 Å². The van der Waals surface area contributed by atoms with Gasteiger partial charge in [-0.2, -0.15) is 0 Å². The number of ether oxygens (including phenoxy) is 4. The fourth-order valence-corrected chi connectivity index (χ4v) is 11.0. The zero-order valence-corrected chi connectivity index (χ0v) is 25.6. The highest BCUT2D eigenvalue weighted by molar-refractivity contribution is 5.12. The third-order valence-electron chi connectivity index (χ3n) is 13.4. The predicted octanol–water partition coefficient (Wildman–Crippen LogP) is 5.24. The molecule has 8 aliphatic heterocycles. The van der Waals surface area contributed by atoms with E-state index in [-0.39, 0.29) is 35.9 Å². The third kappa shape index (κ3) is 3.80. The minimum absolute atomic E-state index is 0.0804. The van der Waals surface area contributed by atoms with Crippen molar-refractivity contribution in [2.45, 2.75) is 153 Å². The molecule has 232 valence electrons. The molecule has 10 fully saturated rings. The molecule has 0 aromatic heterocycles. The van der Waals surface area contributed by atoms with Gasteiger partial charge in [0.05, 0.1) is 18.3 Å². The van der Waals surface area contributed by atoms with Crippen LogP contribution < -0.4 is 0 Å². The van der Waals surface area contributed by atoms with Crippen molar-refractivity contribution in [1.29, 1.82) is 0 Å². The van der Waals surface area contributed by atoms with Gasteiger partial charge < -0.3 is 24.1 Å². The maximum Gasteiger partial charge on any atom is 0.201 e. The van der Waals surface area contributed by atoms with Gasteiger partial charge in [-0.05, 0) is 87.9 Å². The number of hydrogen-bond donors (Lipinski definition) is 1. The Bertz CT molecular complexity index is 1040. The molecule has 0 aromatic rings. The monoisotopic (exact) mass is 578 g/mol. The first-order valence-corrected chi connectivity index (χ1v) is 16.6. The molecule has 10 rings (SSSR count). The van der Waals surface area contributed by atoms with Crippen LogP contribution in [0.1, 0.15) is 99.3 Å². The second kappa shape index (κ2) is 9.33. The van der Waals surface area contributed by atoms with E-state index in [9.17, 15) is 5.11 Å². The Kier molecular flexibility index (Phi) is 6.40. The Hall–Kier alpha value is -0.360. The van der Waals surface area contributed by atoms with Crippen molar-refractivity contribution >= 4 is 0 Å². The first kappa shape index (κ1) is 28.1. The van der Waals surface area contributed by atoms with Crippen LogP contribution in [0.4, 0.5) is 0 Å². The van der Waals surface area contributed by atoms with Crippen LogP contribution in [0.3, 0.4) is 0 Å². The molecule has 10 aliphatic rings. The van der Waals surface area contributed by atoms with Crippen molar-refractivity contribution in [3.8, 4) is 0 Å². The smallest absolute Gasteiger partial charge is 0.201 e. The summed E-state index contributed by atoms with van der Waals surface area (Å²) < 4.78 is 26.7. The normalized spacial score (nSPS) is 61.8. The number of aliphatic hydroxyl groups excluding tert-OH is 1. The standard InChI is InChI=1S/C32H50O9/c1-16-7-9-22-18(3)25(34-27-31(22)20(16)11-13-29(5,36-27)38-40-31)15-24(33)26-19(4)23-10-8-17(2)21-12-14-30(6)37-28(35-26)32(21,23)41-39-30/h16-28,33H,7-15H2,1-6H3/t16-,17-,18-,19-,20+,21+,22+,23+,24-,25-,26?,27-,28-,29+,30+,31-,32-/m1/s1. The molecule has 8 saturated heterocycles. The fourth-order valence-electron chi connectivity index (χ4n) is 11.0. The highest BCUT2D eigenvalue weighted by Gasteiger charge is 2.71. The van der Waals surface area contributed by atoms with Gasteiger partial charge in [-0.15, -0.1) is 0 Å². The molecule has 0 amide bonds. The lowest BCUT2D eigenvalue weighted by Crippen LogP contribution is -2.72. The lowest BCUT2D eigenvalue weighted by Gasteiger charge is -2.62. The van der Waals surface area contributed by atoms with Crippen LogP contribution in [-0.2, 0) is 38.5 Å².